The standard InChI is InChI=1S/C26H38N4S/c1-3-28-14-16-30(17-15-28)26-18-21(2)24-20-22(9-10-25(24)27-26)19-23(31)8-7-13-29-11-5-4-6-12-29/h9-10,18,20H,3-8,11-17,19H2,1-2H3. The third-order valence-corrected chi connectivity index (χ3v) is 7.34. The van der Waals surface area contributed by atoms with Crippen LogP contribution in [0.4, 0.5) is 5.82 Å². The first-order valence-electron chi connectivity index (χ1n) is 12.2. The van der Waals surface area contributed by atoms with Crippen LogP contribution in [0.2, 0.25) is 0 Å². The number of piperazine rings is 1. The van der Waals surface area contributed by atoms with Crippen LogP contribution >= 0.6 is 12.2 Å². The van der Waals surface area contributed by atoms with Crippen molar-refractivity contribution in [1.82, 2.24) is 14.8 Å². The predicted octanol–water partition coefficient (Wildman–Crippen LogP) is 4.86. The number of nitrogens with zero attached hydrogens (tertiary/aromatic N) is 4. The number of anilines is 1. The molecule has 4 rings (SSSR count). The Morgan fingerprint density at radius 1 is 0.968 bits per heavy atom. The summed E-state index contributed by atoms with van der Waals surface area (Å²) in [6.07, 6.45) is 7.30. The first kappa shape index (κ1) is 22.6. The highest BCUT2D eigenvalue weighted by Crippen LogP contribution is 2.25. The summed E-state index contributed by atoms with van der Waals surface area (Å²) in [5.41, 5.74) is 3.74. The molecule has 2 aliphatic heterocycles. The van der Waals surface area contributed by atoms with Gasteiger partial charge >= 0.3 is 0 Å². The quantitative estimate of drug-likeness (QED) is 0.547. The van der Waals surface area contributed by atoms with Gasteiger partial charge in [-0.05, 0) is 93.0 Å². The number of likely N-dealkylation sites (tertiary alicyclic amines) is 1. The van der Waals surface area contributed by atoms with Crippen molar-refractivity contribution in [2.45, 2.75) is 52.4 Å². The van der Waals surface area contributed by atoms with E-state index in [1.54, 1.807) is 0 Å². The van der Waals surface area contributed by atoms with Gasteiger partial charge in [-0.2, -0.15) is 0 Å². The maximum atomic E-state index is 5.74. The van der Waals surface area contributed by atoms with Gasteiger partial charge < -0.3 is 14.7 Å². The lowest BCUT2D eigenvalue weighted by molar-refractivity contribution is 0.227. The van der Waals surface area contributed by atoms with Crippen molar-refractivity contribution >= 4 is 33.8 Å². The fraction of sp³-hybridized carbons (Fsp3) is 0.615. The van der Waals surface area contributed by atoms with Gasteiger partial charge in [-0.1, -0.05) is 31.6 Å². The highest BCUT2D eigenvalue weighted by atomic mass is 32.1. The second-order valence-electron chi connectivity index (χ2n) is 9.29. The Morgan fingerprint density at radius 3 is 2.48 bits per heavy atom. The summed E-state index contributed by atoms with van der Waals surface area (Å²) in [4.78, 5) is 13.7. The lowest BCUT2D eigenvalue weighted by Crippen LogP contribution is -2.46. The van der Waals surface area contributed by atoms with Crippen LogP contribution in [0.5, 0.6) is 0 Å². The molecule has 2 aliphatic rings. The first-order chi connectivity index (χ1) is 15.1. The highest BCUT2D eigenvalue weighted by molar-refractivity contribution is 7.80. The lowest BCUT2D eigenvalue weighted by atomic mass is 10.0. The van der Waals surface area contributed by atoms with Crippen LogP contribution in [-0.4, -0.2) is 72.0 Å². The topological polar surface area (TPSA) is 22.6 Å². The number of rotatable bonds is 8. The van der Waals surface area contributed by atoms with Gasteiger partial charge in [0.15, 0.2) is 0 Å². The summed E-state index contributed by atoms with van der Waals surface area (Å²) in [5, 5.41) is 1.27. The summed E-state index contributed by atoms with van der Waals surface area (Å²) in [7, 11) is 0. The zero-order chi connectivity index (χ0) is 21.6. The maximum Gasteiger partial charge on any atom is 0.129 e. The highest BCUT2D eigenvalue weighted by Gasteiger charge is 2.18. The predicted molar refractivity (Wildman–Crippen MR) is 137 cm³/mol. The number of hydrogen-bond donors (Lipinski definition) is 0. The molecule has 0 saturated carbocycles. The second-order valence-corrected chi connectivity index (χ2v) is 9.87. The summed E-state index contributed by atoms with van der Waals surface area (Å²) in [6, 6.07) is 9.00. The molecule has 1 aromatic carbocycles. The van der Waals surface area contributed by atoms with Crippen LogP contribution in [-0.2, 0) is 6.42 Å². The number of piperidine rings is 1. The summed E-state index contributed by atoms with van der Waals surface area (Å²) >= 11 is 5.74. The van der Waals surface area contributed by atoms with Gasteiger partial charge in [0.2, 0.25) is 0 Å². The molecule has 168 valence electrons. The van der Waals surface area contributed by atoms with Crippen LogP contribution in [0.3, 0.4) is 0 Å². The number of thiocarbonyl (C=S) groups is 1. The van der Waals surface area contributed by atoms with Crippen molar-refractivity contribution in [2.75, 3.05) is 57.3 Å². The molecular formula is C26H38N4S. The van der Waals surface area contributed by atoms with Crippen molar-refractivity contribution in [2.24, 2.45) is 0 Å². The summed E-state index contributed by atoms with van der Waals surface area (Å²) in [5.74, 6) is 1.13. The molecule has 0 N–H and O–H groups in total. The molecule has 0 bridgehead atoms. The third kappa shape index (κ3) is 6.03. The van der Waals surface area contributed by atoms with E-state index in [9.17, 15) is 0 Å². The van der Waals surface area contributed by atoms with E-state index >= 15 is 0 Å². The molecule has 2 fully saturated rings. The molecule has 2 saturated heterocycles. The zero-order valence-electron chi connectivity index (χ0n) is 19.4. The molecule has 0 aliphatic carbocycles. The monoisotopic (exact) mass is 438 g/mol. The van der Waals surface area contributed by atoms with E-state index in [1.165, 1.54) is 66.7 Å². The average molecular weight is 439 g/mol. The van der Waals surface area contributed by atoms with Gasteiger partial charge in [0.05, 0.1) is 5.52 Å². The zero-order valence-corrected chi connectivity index (χ0v) is 20.2. The van der Waals surface area contributed by atoms with Crippen molar-refractivity contribution < 1.29 is 0 Å². The molecule has 0 unspecified atom stereocenters. The van der Waals surface area contributed by atoms with Gasteiger partial charge in [0.25, 0.3) is 0 Å². The Labute approximate surface area is 193 Å². The van der Waals surface area contributed by atoms with Crippen LogP contribution < -0.4 is 4.90 Å². The Hall–Kier alpha value is -1.56. The number of hydrogen-bond acceptors (Lipinski definition) is 5. The van der Waals surface area contributed by atoms with Gasteiger partial charge in [-0.15, -0.1) is 0 Å². The number of benzene rings is 1. The SMILES string of the molecule is CCN1CCN(c2cc(C)c3cc(CC(=S)CCCN4CCCCC4)ccc3n2)CC1. The molecule has 31 heavy (non-hydrogen) atoms. The molecule has 0 atom stereocenters. The van der Waals surface area contributed by atoms with Crippen molar-refractivity contribution in [1.29, 1.82) is 0 Å². The van der Waals surface area contributed by atoms with E-state index in [4.69, 9.17) is 17.2 Å². The van der Waals surface area contributed by atoms with E-state index in [2.05, 4.69) is 52.8 Å². The molecule has 3 heterocycles. The molecule has 0 spiro atoms. The lowest BCUT2D eigenvalue weighted by Gasteiger charge is -2.35. The van der Waals surface area contributed by atoms with Gasteiger partial charge in [0.1, 0.15) is 5.82 Å². The fourth-order valence-electron chi connectivity index (χ4n) is 4.99. The molecule has 2 aromatic rings. The molecule has 1 aromatic heterocycles. The van der Waals surface area contributed by atoms with Crippen molar-refractivity contribution in [3.05, 3.63) is 35.4 Å². The van der Waals surface area contributed by atoms with Crippen LogP contribution in [0, 0.1) is 6.92 Å². The smallest absolute Gasteiger partial charge is 0.129 e. The Balaban J connectivity index is 1.35. The molecular weight excluding hydrogens is 400 g/mol. The molecule has 5 heteroatoms. The number of pyridine rings is 1. The number of fused-ring (bicyclic) bond motifs is 1. The van der Waals surface area contributed by atoms with Crippen molar-refractivity contribution in [3.63, 3.8) is 0 Å². The normalized spacial score (nSPS) is 18.6. The number of likely N-dealkylation sites (N-methyl/N-ethyl adjacent to an activating group) is 1. The van der Waals surface area contributed by atoms with Crippen LogP contribution in [0.1, 0.15) is 50.2 Å². The third-order valence-electron chi connectivity index (χ3n) is 6.99. The second kappa shape index (κ2) is 10.8. The summed E-state index contributed by atoms with van der Waals surface area (Å²) < 4.78 is 0. The van der Waals surface area contributed by atoms with E-state index in [-0.39, 0.29) is 0 Å². The van der Waals surface area contributed by atoms with E-state index in [0.717, 1.165) is 56.9 Å². The van der Waals surface area contributed by atoms with Gasteiger partial charge in [-0.3, -0.25) is 0 Å². The van der Waals surface area contributed by atoms with E-state index in [1.807, 2.05) is 0 Å². The average Bonchev–Trinajstić information content (AvgIpc) is 2.80. The minimum atomic E-state index is 0.908. The van der Waals surface area contributed by atoms with E-state index in [0.29, 0.717) is 0 Å². The first-order valence-corrected chi connectivity index (χ1v) is 12.6. The molecule has 0 radical (unpaired) electrons. The van der Waals surface area contributed by atoms with Crippen molar-refractivity contribution in [3.8, 4) is 0 Å². The van der Waals surface area contributed by atoms with Crippen LogP contribution in [0.15, 0.2) is 24.3 Å². The minimum absolute atomic E-state index is 0.908. The molecule has 4 nitrogen and oxygen atoms in total. The summed E-state index contributed by atoms with van der Waals surface area (Å²) in [6.45, 7) is 13.7. The van der Waals surface area contributed by atoms with Crippen LogP contribution in [0.25, 0.3) is 10.9 Å². The maximum absolute atomic E-state index is 5.74. The van der Waals surface area contributed by atoms with Gasteiger partial charge in [-0.25, -0.2) is 4.98 Å². The van der Waals surface area contributed by atoms with Gasteiger partial charge in [0, 0.05) is 38.0 Å². The Bertz CT molecular complexity index is 882. The largest absolute Gasteiger partial charge is 0.354 e. The fourth-order valence-corrected chi connectivity index (χ4v) is 5.30. The Morgan fingerprint density at radius 2 is 1.74 bits per heavy atom. The van der Waals surface area contributed by atoms with E-state index < -0.39 is 0 Å². The molecule has 0 amide bonds. The number of aromatic nitrogens is 1. The number of aryl methyl sites for hydroxylation is 1. The minimum Gasteiger partial charge on any atom is -0.354 e. The Kier molecular flexibility index (Phi) is 7.91.